The highest BCUT2D eigenvalue weighted by Gasteiger charge is 2.37. The lowest BCUT2D eigenvalue weighted by Crippen LogP contribution is -2.29. The Morgan fingerprint density at radius 3 is 1.89 bits per heavy atom. The molecular weight excluding hydrogens is 794 g/mol. The second-order valence-corrected chi connectivity index (χ2v) is 18.0. The summed E-state index contributed by atoms with van der Waals surface area (Å²) in [6, 6.07) is 0. The van der Waals surface area contributed by atoms with Gasteiger partial charge in [0, 0.05) is 32.2 Å². The molecule has 350 valence electrons. The maximum Gasteiger partial charge on any atom is 0.472 e. The van der Waals surface area contributed by atoms with E-state index < -0.39 is 32.5 Å². The number of rotatable bonds is 40. The summed E-state index contributed by atoms with van der Waals surface area (Å²) in [5.41, 5.74) is 8.05. The quantitative estimate of drug-likeness (QED) is 0.0212. The normalized spacial score (nSPS) is 16.8. The first-order chi connectivity index (χ1) is 29.6. The molecule has 1 saturated heterocycles. The Kier molecular flexibility index (Phi) is 31.2. The number of allylic oxidation sites excluding steroid dienone is 5. The molecule has 4 atom stereocenters. The molecule has 0 spiro atoms. The third-order valence-electron chi connectivity index (χ3n) is 11.2. The van der Waals surface area contributed by atoms with Gasteiger partial charge in [-0.05, 0) is 89.2 Å². The number of carbonyl (C=O) groups excluding carboxylic acids is 2. The molecule has 1 aromatic heterocycles. The number of hydrogen-bond donors (Lipinski definition) is 2. The highest BCUT2D eigenvalue weighted by molar-refractivity contribution is 7.47. The molecule has 1 aliphatic rings. The van der Waals surface area contributed by atoms with Gasteiger partial charge in [-0.2, -0.15) is 0 Å². The average molecular weight is 878 g/mol. The van der Waals surface area contributed by atoms with Crippen LogP contribution in [-0.2, 0) is 50.3 Å². The van der Waals surface area contributed by atoms with Crippen molar-refractivity contribution in [3.05, 3.63) is 59.1 Å². The van der Waals surface area contributed by atoms with E-state index in [1.165, 1.54) is 99.7 Å². The van der Waals surface area contributed by atoms with E-state index in [1.807, 2.05) is 0 Å². The van der Waals surface area contributed by atoms with Crippen LogP contribution in [0.3, 0.4) is 0 Å². The minimum Gasteiger partial charge on any atom is -0.466 e. The minimum atomic E-state index is -4.42. The molecule has 0 bridgehead atoms. The molecule has 2 heterocycles. The Labute approximate surface area is 369 Å². The van der Waals surface area contributed by atoms with Gasteiger partial charge in [0.05, 0.1) is 25.4 Å². The molecule has 61 heavy (non-hydrogen) atoms. The highest BCUT2D eigenvalue weighted by atomic mass is 31.2. The smallest absolute Gasteiger partial charge is 0.466 e. The summed E-state index contributed by atoms with van der Waals surface area (Å²) in [7, 11) is -4.42. The fraction of sp³-hybridized carbons (Fsp3) is 0.755. The molecule has 0 aromatic carbocycles. The van der Waals surface area contributed by atoms with Crippen LogP contribution in [0, 0.1) is 13.8 Å². The monoisotopic (exact) mass is 878 g/mol. The lowest BCUT2D eigenvalue weighted by molar-refractivity contribution is -0.161. The molecule has 11 nitrogen and oxygen atoms in total. The van der Waals surface area contributed by atoms with Crippen LogP contribution in [0.1, 0.15) is 191 Å². The van der Waals surface area contributed by atoms with Crippen molar-refractivity contribution in [2.24, 2.45) is 5.73 Å². The first-order valence-corrected chi connectivity index (χ1v) is 25.4. The van der Waals surface area contributed by atoms with Crippen molar-refractivity contribution < 1.29 is 46.7 Å². The zero-order valence-electron chi connectivity index (χ0n) is 38.6. The Balaban J connectivity index is 1.56. The molecule has 1 aliphatic heterocycles. The number of phosphoric ester groups is 1. The number of unbranched alkanes of at least 4 members (excludes halogenated alkanes) is 14. The SMILES string of the molecule is CCCCC/C=C\C/C=C\C/C=C\CC1OC1CCCC(=O)O[C@H](COC(=O)CCCCCCCCCCCCc1oc(CCCCC)c(C)c1C)COP(=O)(O)OCCN. The van der Waals surface area contributed by atoms with Gasteiger partial charge in [0.1, 0.15) is 18.1 Å². The van der Waals surface area contributed by atoms with Gasteiger partial charge in [0.15, 0.2) is 6.10 Å². The molecule has 1 aromatic rings. The number of furan rings is 1. The molecule has 3 N–H and O–H groups in total. The number of hydrogen-bond acceptors (Lipinski definition) is 10. The molecule has 3 unspecified atom stereocenters. The van der Waals surface area contributed by atoms with E-state index in [2.05, 4.69) is 64.2 Å². The van der Waals surface area contributed by atoms with Gasteiger partial charge in [-0.15, -0.1) is 0 Å². The summed E-state index contributed by atoms with van der Waals surface area (Å²) in [6.45, 7) is 7.96. The zero-order chi connectivity index (χ0) is 44.4. The summed E-state index contributed by atoms with van der Waals surface area (Å²) in [4.78, 5) is 35.2. The van der Waals surface area contributed by atoms with Crippen molar-refractivity contribution in [2.45, 2.75) is 213 Å². The number of carbonyl (C=O) groups is 2. The van der Waals surface area contributed by atoms with E-state index in [9.17, 15) is 19.0 Å². The van der Waals surface area contributed by atoms with Crippen LogP contribution in [0.15, 0.2) is 40.9 Å². The molecule has 0 saturated carbocycles. The van der Waals surface area contributed by atoms with Crippen molar-refractivity contribution in [3.63, 3.8) is 0 Å². The van der Waals surface area contributed by atoms with Gasteiger partial charge in [-0.1, -0.05) is 127 Å². The van der Waals surface area contributed by atoms with Gasteiger partial charge >= 0.3 is 19.8 Å². The predicted octanol–water partition coefficient (Wildman–Crippen LogP) is 12.4. The third-order valence-corrected chi connectivity index (χ3v) is 12.1. The Morgan fingerprint density at radius 2 is 1.25 bits per heavy atom. The lowest BCUT2D eigenvalue weighted by Gasteiger charge is -2.19. The van der Waals surface area contributed by atoms with Crippen molar-refractivity contribution in [1.29, 1.82) is 0 Å². The molecule has 0 amide bonds. The fourth-order valence-corrected chi connectivity index (χ4v) is 7.96. The predicted molar refractivity (Wildman–Crippen MR) is 245 cm³/mol. The lowest BCUT2D eigenvalue weighted by atomic mass is 10.0. The standard InChI is InChI=1S/C49H84NO10P/c1-5-7-9-10-11-12-13-14-18-21-24-28-33-46-47(60-46)34-30-36-49(52)58-43(40-57-61(53,54)56-38-37-50)39-55-48(51)35-29-25-22-19-16-15-17-20-23-27-32-45-42(4)41(3)44(59-45)31-26-8-6-2/h11-12,14,18,24,28,43,46-47H,5-10,13,15-17,19-23,25-27,29-40,50H2,1-4H3,(H,53,54)/b12-11-,18-14-,28-24-/t43-,46?,47?/m1/s1. The van der Waals surface area contributed by atoms with Crippen molar-refractivity contribution in [3.8, 4) is 0 Å². The van der Waals surface area contributed by atoms with E-state index in [0.717, 1.165) is 64.2 Å². The van der Waals surface area contributed by atoms with Gasteiger partial charge in [0.25, 0.3) is 0 Å². The minimum absolute atomic E-state index is 0.0355. The molecular formula is C49H84NO10P. The molecule has 1 fully saturated rings. The molecule has 0 radical (unpaired) electrons. The van der Waals surface area contributed by atoms with E-state index in [0.29, 0.717) is 12.8 Å². The highest BCUT2D eigenvalue weighted by Crippen LogP contribution is 2.43. The van der Waals surface area contributed by atoms with Crippen LogP contribution in [-0.4, -0.2) is 61.5 Å². The van der Waals surface area contributed by atoms with E-state index in [-0.39, 0.29) is 44.8 Å². The van der Waals surface area contributed by atoms with E-state index in [4.69, 9.17) is 33.4 Å². The van der Waals surface area contributed by atoms with Crippen LogP contribution in [0.4, 0.5) is 0 Å². The van der Waals surface area contributed by atoms with Crippen molar-refractivity contribution >= 4 is 19.8 Å². The number of esters is 2. The van der Waals surface area contributed by atoms with Gasteiger partial charge in [-0.25, -0.2) is 4.57 Å². The Hall–Kier alpha value is -2.53. The van der Waals surface area contributed by atoms with Crippen LogP contribution in [0.2, 0.25) is 0 Å². The number of nitrogens with two attached hydrogens (primary N) is 1. The summed E-state index contributed by atoms with van der Waals surface area (Å²) >= 11 is 0. The summed E-state index contributed by atoms with van der Waals surface area (Å²) in [5, 5.41) is 0. The van der Waals surface area contributed by atoms with E-state index in [1.54, 1.807) is 0 Å². The summed E-state index contributed by atoms with van der Waals surface area (Å²) < 4.78 is 44.9. The maximum atomic E-state index is 12.7. The van der Waals surface area contributed by atoms with Gasteiger partial charge in [-0.3, -0.25) is 18.6 Å². The largest absolute Gasteiger partial charge is 0.472 e. The summed E-state index contributed by atoms with van der Waals surface area (Å²) in [6.07, 6.45) is 38.7. The zero-order valence-corrected chi connectivity index (χ0v) is 39.4. The maximum absolute atomic E-state index is 12.7. The van der Waals surface area contributed by atoms with Crippen molar-refractivity contribution in [1.82, 2.24) is 0 Å². The van der Waals surface area contributed by atoms with E-state index >= 15 is 0 Å². The van der Waals surface area contributed by atoms with Crippen molar-refractivity contribution in [2.75, 3.05) is 26.4 Å². The fourth-order valence-electron chi connectivity index (χ4n) is 7.19. The third kappa shape index (κ3) is 28.0. The molecule has 12 heteroatoms. The average Bonchev–Trinajstić information content (AvgIpc) is 3.94. The topological polar surface area (TPSA) is 160 Å². The Morgan fingerprint density at radius 1 is 0.689 bits per heavy atom. The number of epoxide rings is 1. The van der Waals surface area contributed by atoms with Gasteiger partial charge < -0.3 is 29.3 Å². The number of ether oxygens (including phenoxy) is 3. The van der Waals surface area contributed by atoms with Crippen LogP contribution >= 0.6 is 7.82 Å². The number of aryl methyl sites for hydroxylation is 2. The van der Waals surface area contributed by atoms with Crippen LogP contribution in [0.5, 0.6) is 0 Å². The number of phosphoric acid groups is 1. The Bertz CT molecular complexity index is 1440. The van der Waals surface area contributed by atoms with Crippen LogP contribution < -0.4 is 5.73 Å². The summed E-state index contributed by atoms with van der Waals surface area (Å²) in [5.74, 6) is 1.45. The van der Waals surface area contributed by atoms with Crippen LogP contribution in [0.25, 0.3) is 0 Å². The van der Waals surface area contributed by atoms with Gasteiger partial charge in [0.2, 0.25) is 0 Å². The molecule has 0 aliphatic carbocycles. The first kappa shape index (κ1) is 54.6. The second-order valence-electron chi connectivity index (χ2n) is 16.6. The second kappa shape index (κ2) is 34.9. The molecule has 2 rings (SSSR count). The first-order valence-electron chi connectivity index (χ1n) is 23.9.